The van der Waals surface area contributed by atoms with E-state index in [4.69, 9.17) is 9.47 Å². The summed E-state index contributed by atoms with van der Waals surface area (Å²) in [4.78, 5) is 29.1. The van der Waals surface area contributed by atoms with Crippen LogP contribution in [0.25, 0.3) is 0 Å². The van der Waals surface area contributed by atoms with Crippen molar-refractivity contribution in [2.75, 3.05) is 27.3 Å². The quantitative estimate of drug-likeness (QED) is 0.711. The molecule has 2 aromatic rings. The second kappa shape index (κ2) is 9.29. The van der Waals surface area contributed by atoms with E-state index < -0.39 is 0 Å². The minimum absolute atomic E-state index is 0.0297. The lowest BCUT2D eigenvalue weighted by molar-refractivity contribution is -0.145. The molecule has 2 fully saturated rings. The topological polar surface area (TPSA) is 79.9 Å². The highest BCUT2D eigenvalue weighted by atomic mass is 16.5. The van der Waals surface area contributed by atoms with Crippen molar-refractivity contribution in [2.45, 2.75) is 50.7 Å². The van der Waals surface area contributed by atoms with Crippen LogP contribution in [-0.4, -0.2) is 50.1 Å². The number of fused-ring (bicyclic) bond motifs is 4. The van der Waals surface area contributed by atoms with Gasteiger partial charge in [-0.25, -0.2) is 0 Å². The summed E-state index contributed by atoms with van der Waals surface area (Å²) >= 11 is 0. The van der Waals surface area contributed by atoms with Crippen LogP contribution in [0.2, 0.25) is 0 Å². The molecule has 180 valence electrons. The molecule has 2 N–H and O–H groups in total. The first-order chi connectivity index (χ1) is 16.5. The van der Waals surface area contributed by atoms with E-state index in [1.807, 2.05) is 42.2 Å². The predicted octanol–water partition coefficient (Wildman–Crippen LogP) is 3.39. The summed E-state index contributed by atoms with van der Waals surface area (Å²) < 4.78 is 11.4. The molecule has 0 bridgehead atoms. The molecule has 0 aliphatic carbocycles. The van der Waals surface area contributed by atoms with Crippen molar-refractivity contribution < 1.29 is 19.1 Å². The van der Waals surface area contributed by atoms with Gasteiger partial charge < -0.3 is 25.0 Å². The van der Waals surface area contributed by atoms with Crippen LogP contribution in [0.15, 0.2) is 36.4 Å². The molecule has 3 heterocycles. The lowest BCUT2D eigenvalue weighted by atomic mass is 9.75. The third-order valence-corrected chi connectivity index (χ3v) is 7.68. The molecule has 0 unspecified atom stereocenters. The van der Waals surface area contributed by atoms with Crippen LogP contribution in [0.5, 0.6) is 11.5 Å². The first-order valence-corrected chi connectivity index (χ1v) is 12.2. The van der Waals surface area contributed by atoms with E-state index in [1.165, 1.54) is 0 Å². The van der Waals surface area contributed by atoms with Crippen molar-refractivity contribution in [3.05, 3.63) is 58.7 Å². The zero-order valence-corrected chi connectivity index (χ0v) is 20.1. The molecule has 3 aliphatic heterocycles. The van der Waals surface area contributed by atoms with Gasteiger partial charge in [0, 0.05) is 23.7 Å². The number of amides is 2. The van der Waals surface area contributed by atoms with Gasteiger partial charge in [-0.1, -0.05) is 30.3 Å². The van der Waals surface area contributed by atoms with Crippen molar-refractivity contribution in [1.82, 2.24) is 15.5 Å². The first kappa shape index (κ1) is 22.7. The summed E-state index contributed by atoms with van der Waals surface area (Å²) in [5, 5.41) is 6.72. The third kappa shape index (κ3) is 3.82. The summed E-state index contributed by atoms with van der Waals surface area (Å²) in [6.45, 7) is 3.54. The molecule has 0 radical (unpaired) electrons. The van der Waals surface area contributed by atoms with Gasteiger partial charge in [0.2, 0.25) is 5.91 Å². The number of ether oxygens (including phenoxy) is 2. The molecule has 5 rings (SSSR count). The van der Waals surface area contributed by atoms with Crippen LogP contribution in [0.3, 0.4) is 0 Å². The Labute approximate surface area is 200 Å². The van der Waals surface area contributed by atoms with Gasteiger partial charge in [0.25, 0.3) is 5.91 Å². The maximum Gasteiger partial charge on any atom is 0.252 e. The number of rotatable bonds is 5. The van der Waals surface area contributed by atoms with Gasteiger partial charge in [-0.15, -0.1) is 0 Å². The molecule has 2 aromatic carbocycles. The van der Waals surface area contributed by atoms with E-state index in [0.717, 1.165) is 42.5 Å². The predicted molar refractivity (Wildman–Crippen MR) is 129 cm³/mol. The van der Waals surface area contributed by atoms with Crippen molar-refractivity contribution in [3.63, 3.8) is 0 Å². The number of hydrogen-bond donors (Lipinski definition) is 2. The van der Waals surface area contributed by atoms with Crippen LogP contribution in [-0.2, 0) is 11.2 Å². The number of methoxy groups -OCH3 is 2. The number of benzene rings is 2. The lowest BCUT2D eigenvalue weighted by Gasteiger charge is -2.49. The third-order valence-electron chi connectivity index (χ3n) is 7.68. The van der Waals surface area contributed by atoms with E-state index in [1.54, 1.807) is 20.3 Å². The van der Waals surface area contributed by atoms with E-state index in [-0.39, 0.29) is 35.9 Å². The highest BCUT2D eigenvalue weighted by molar-refractivity contribution is 5.98. The number of hydrogen-bond acceptors (Lipinski definition) is 5. The van der Waals surface area contributed by atoms with Crippen molar-refractivity contribution in [2.24, 2.45) is 5.92 Å². The van der Waals surface area contributed by atoms with Gasteiger partial charge in [-0.05, 0) is 56.3 Å². The zero-order valence-electron chi connectivity index (χ0n) is 20.1. The number of carbonyl (C=O) groups is 2. The Kier molecular flexibility index (Phi) is 6.21. The highest BCUT2D eigenvalue weighted by Crippen LogP contribution is 2.47. The van der Waals surface area contributed by atoms with E-state index in [0.29, 0.717) is 30.0 Å². The Morgan fingerprint density at radius 3 is 2.74 bits per heavy atom. The average molecular weight is 464 g/mol. The molecule has 0 saturated carbocycles. The second-order valence-corrected chi connectivity index (χ2v) is 9.50. The van der Waals surface area contributed by atoms with Crippen molar-refractivity contribution >= 4 is 11.8 Å². The first-order valence-electron chi connectivity index (χ1n) is 12.2. The van der Waals surface area contributed by atoms with Gasteiger partial charge in [0.15, 0.2) is 11.5 Å². The number of piperidine rings is 2. The molecule has 2 saturated heterocycles. The van der Waals surface area contributed by atoms with Crippen molar-refractivity contribution in [1.29, 1.82) is 0 Å². The van der Waals surface area contributed by atoms with Crippen molar-refractivity contribution in [3.8, 4) is 11.5 Å². The summed E-state index contributed by atoms with van der Waals surface area (Å²) in [5.41, 5.74) is 3.48. The Balaban J connectivity index is 1.56. The number of nitrogens with zero attached hydrogens (tertiary/aromatic N) is 1. The number of carbonyl (C=O) groups excluding carboxylic acids is 2. The SMILES string of the molecule is COc1cc(C(=O)N[C@H](C)c2ccccc2)c2c(c1OC)CCN1C(=O)[C@H]3CCCN[C@H]3C[C@@H]21. The fourth-order valence-electron chi connectivity index (χ4n) is 6.00. The monoisotopic (exact) mass is 463 g/mol. The van der Waals surface area contributed by atoms with Gasteiger partial charge in [0.05, 0.1) is 32.2 Å². The Hall–Kier alpha value is -3.06. The molecule has 2 amide bonds. The molecule has 0 spiro atoms. The van der Waals surface area contributed by atoms with E-state index >= 15 is 0 Å². The van der Waals surface area contributed by atoms with Crippen LogP contribution >= 0.6 is 0 Å². The standard InChI is InChI=1S/C27H33N3O4/c1-16(17-8-5-4-6-9-17)29-26(31)20-14-23(33-2)25(34-3)19-11-13-30-22(24(19)20)15-21-18(27(30)32)10-7-12-28-21/h4-6,8-9,14,16,18,21-22,28H,7,10-13,15H2,1-3H3,(H,29,31)/t16-,18+,21+,22+/m1/s1. The minimum Gasteiger partial charge on any atom is -0.493 e. The maximum atomic E-state index is 13.7. The second-order valence-electron chi connectivity index (χ2n) is 9.50. The largest absolute Gasteiger partial charge is 0.493 e. The number of nitrogens with one attached hydrogen (secondary N) is 2. The summed E-state index contributed by atoms with van der Waals surface area (Å²) in [6, 6.07) is 11.5. The van der Waals surface area contributed by atoms with Crippen LogP contribution in [0.1, 0.15) is 65.3 Å². The highest BCUT2D eigenvalue weighted by Gasteiger charge is 2.47. The molecule has 3 aliphatic rings. The molecule has 0 aromatic heterocycles. The molecule has 34 heavy (non-hydrogen) atoms. The molecule has 4 atom stereocenters. The molecular formula is C27H33N3O4. The lowest BCUT2D eigenvalue weighted by Crippen LogP contribution is -2.58. The van der Waals surface area contributed by atoms with E-state index in [9.17, 15) is 9.59 Å². The fourth-order valence-corrected chi connectivity index (χ4v) is 6.00. The fraction of sp³-hybridized carbons (Fsp3) is 0.481. The minimum atomic E-state index is -0.165. The van der Waals surface area contributed by atoms with Crippen LogP contribution < -0.4 is 20.1 Å². The molecule has 7 heteroatoms. The zero-order chi connectivity index (χ0) is 23.8. The van der Waals surface area contributed by atoms with Gasteiger partial charge in [0.1, 0.15) is 0 Å². The van der Waals surface area contributed by atoms with Gasteiger partial charge in [-0.2, -0.15) is 0 Å². The Morgan fingerprint density at radius 2 is 2.00 bits per heavy atom. The smallest absolute Gasteiger partial charge is 0.252 e. The van der Waals surface area contributed by atoms with E-state index in [2.05, 4.69) is 10.6 Å². The maximum absolute atomic E-state index is 13.7. The Bertz CT molecular complexity index is 1090. The average Bonchev–Trinajstić information content (AvgIpc) is 2.88. The van der Waals surface area contributed by atoms with Crippen LogP contribution in [0.4, 0.5) is 0 Å². The Morgan fingerprint density at radius 1 is 1.21 bits per heavy atom. The molecule has 7 nitrogen and oxygen atoms in total. The van der Waals surface area contributed by atoms with Gasteiger partial charge in [-0.3, -0.25) is 9.59 Å². The summed E-state index contributed by atoms with van der Waals surface area (Å²) in [7, 11) is 3.22. The van der Waals surface area contributed by atoms with Crippen LogP contribution in [0, 0.1) is 5.92 Å². The molecular weight excluding hydrogens is 430 g/mol. The summed E-state index contributed by atoms with van der Waals surface area (Å²) in [5.74, 6) is 1.28. The van der Waals surface area contributed by atoms with Gasteiger partial charge >= 0.3 is 0 Å². The normalized spacial score (nSPS) is 24.4. The summed E-state index contributed by atoms with van der Waals surface area (Å²) in [6.07, 6.45) is 3.39.